The molecule has 4 N–H and O–H groups in total. The molecule has 2 aliphatic rings. The van der Waals surface area contributed by atoms with Crippen molar-refractivity contribution in [1.82, 2.24) is 25.9 Å². The Hall–Kier alpha value is -3.00. The molecule has 33 heavy (non-hydrogen) atoms. The van der Waals surface area contributed by atoms with Crippen molar-refractivity contribution in [3.05, 3.63) is 66.0 Å². The third-order valence-electron chi connectivity index (χ3n) is 6.44. The van der Waals surface area contributed by atoms with Gasteiger partial charge in [-0.1, -0.05) is 48.9 Å². The van der Waals surface area contributed by atoms with Crippen molar-refractivity contribution in [3.8, 4) is 0 Å². The summed E-state index contributed by atoms with van der Waals surface area (Å²) in [4.78, 5) is 32.5. The third kappa shape index (κ3) is 5.16. The number of fused-ring (bicyclic) bond motifs is 2. The fourth-order valence-corrected chi connectivity index (χ4v) is 6.29. The summed E-state index contributed by atoms with van der Waals surface area (Å²) in [5.74, 6) is 1.79. The summed E-state index contributed by atoms with van der Waals surface area (Å²) < 4.78 is 0. The number of nitrogens with zero attached hydrogens (tertiary/aromatic N) is 1. The van der Waals surface area contributed by atoms with E-state index in [1.165, 1.54) is 0 Å². The largest absolute Gasteiger partial charge is 0.346 e. The van der Waals surface area contributed by atoms with E-state index < -0.39 is 0 Å². The number of carbonyl (C=O) groups is 2. The third-order valence-corrected chi connectivity index (χ3v) is 7.94. The number of imidazole rings is 1. The number of unbranched alkanes of at least 4 members (excludes halogenated alkanes) is 1. The van der Waals surface area contributed by atoms with Gasteiger partial charge in [0.05, 0.1) is 29.2 Å². The maximum absolute atomic E-state index is 12.8. The van der Waals surface area contributed by atoms with Crippen LogP contribution in [0.25, 0.3) is 11.0 Å². The average molecular weight is 464 g/mol. The van der Waals surface area contributed by atoms with Crippen molar-refractivity contribution in [1.29, 1.82) is 0 Å². The lowest BCUT2D eigenvalue weighted by Gasteiger charge is -2.18. The lowest BCUT2D eigenvalue weighted by Crippen LogP contribution is -2.36. The smallest absolute Gasteiger partial charge is 0.315 e. The van der Waals surface area contributed by atoms with E-state index in [0.29, 0.717) is 18.1 Å². The van der Waals surface area contributed by atoms with Crippen LogP contribution in [0.15, 0.2) is 54.6 Å². The standard InChI is InChI=1S/C25H29N5O2S/c31-22(13-7-6-12-21-23-20(15-33-21)29-25(32)30-23)26-19(14-16-8-2-1-3-9-16)24-27-17-10-4-5-11-18(17)28-24/h1-5,8-11,19-21,23H,6-7,12-15H2,(H,26,31)(H,27,28)(H2,29,30,32)/t19-,20-,21-,23+/m0/s1. The zero-order valence-electron chi connectivity index (χ0n) is 18.4. The van der Waals surface area contributed by atoms with Crippen LogP contribution in [-0.2, 0) is 11.2 Å². The normalized spacial score (nSPS) is 22.5. The van der Waals surface area contributed by atoms with Crippen molar-refractivity contribution < 1.29 is 9.59 Å². The zero-order chi connectivity index (χ0) is 22.6. The Morgan fingerprint density at radius 1 is 1.09 bits per heavy atom. The van der Waals surface area contributed by atoms with Crippen molar-refractivity contribution in [2.75, 3.05) is 5.75 Å². The lowest BCUT2D eigenvalue weighted by molar-refractivity contribution is -0.122. The van der Waals surface area contributed by atoms with Crippen molar-refractivity contribution >= 4 is 34.7 Å². The molecule has 3 heterocycles. The average Bonchev–Trinajstić information content (AvgIpc) is 3.51. The van der Waals surface area contributed by atoms with E-state index in [2.05, 4.69) is 33.1 Å². The Labute approximate surface area is 197 Å². The number of hydrogen-bond donors (Lipinski definition) is 4. The maximum atomic E-state index is 12.8. The summed E-state index contributed by atoms with van der Waals surface area (Å²) in [6.07, 6.45) is 3.98. The second-order valence-corrected chi connectivity index (χ2v) is 10.1. The first kappa shape index (κ1) is 21.8. The number of carbonyl (C=O) groups excluding carboxylic acids is 2. The van der Waals surface area contributed by atoms with E-state index in [9.17, 15) is 9.59 Å². The van der Waals surface area contributed by atoms with E-state index in [1.807, 2.05) is 54.2 Å². The molecule has 2 saturated heterocycles. The monoisotopic (exact) mass is 463 g/mol. The van der Waals surface area contributed by atoms with E-state index >= 15 is 0 Å². The molecule has 0 spiro atoms. The van der Waals surface area contributed by atoms with Crippen LogP contribution in [0, 0.1) is 0 Å². The highest BCUT2D eigenvalue weighted by atomic mass is 32.2. The van der Waals surface area contributed by atoms with Crippen LogP contribution in [0.2, 0.25) is 0 Å². The van der Waals surface area contributed by atoms with Gasteiger partial charge in [-0.25, -0.2) is 9.78 Å². The predicted molar refractivity (Wildman–Crippen MR) is 131 cm³/mol. The van der Waals surface area contributed by atoms with Crippen LogP contribution >= 0.6 is 11.8 Å². The number of urea groups is 1. The number of H-pyrrole nitrogens is 1. The molecular weight excluding hydrogens is 434 g/mol. The van der Waals surface area contributed by atoms with Gasteiger partial charge >= 0.3 is 6.03 Å². The van der Waals surface area contributed by atoms with Crippen LogP contribution in [0.3, 0.4) is 0 Å². The number of benzene rings is 2. The number of para-hydroxylation sites is 2. The summed E-state index contributed by atoms with van der Waals surface area (Å²) >= 11 is 1.92. The first-order valence-corrected chi connectivity index (χ1v) is 12.7. The van der Waals surface area contributed by atoms with Crippen molar-refractivity contribution in [2.45, 2.75) is 55.5 Å². The van der Waals surface area contributed by atoms with Gasteiger partial charge in [-0.05, 0) is 37.0 Å². The molecule has 4 atom stereocenters. The number of hydrogen-bond acceptors (Lipinski definition) is 4. The molecule has 7 nitrogen and oxygen atoms in total. The first-order chi connectivity index (χ1) is 16.2. The van der Waals surface area contributed by atoms with Gasteiger partial charge in [0.1, 0.15) is 5.82 Å². The van der Waals surface area contributed by atoms with Crippen LogP contribution in [0.5, 0.6) is 0 Å². The Morgan fingerprint density at radius 2 is 1.91 bits per heavy atom. The second-order valence-electron chi connectivity index (χ2n) is 8.82. The van der Waals surface area contributed by atoms with Gasteiger partial charge in [0, 0.05) is 17.4 Å². The molecule has 0 radical (unpaired) electrons. The summed E-state index contributed by atoms with van der Waals surface area (Å²) in [6, 6.07) is 18.3. The van der Waals surface area contributed by atoms with E-state index in [1.54, 1.807) is 0 Å². The predicted octanol–water partition coefficient (Wildman–Crippen LogP) is 3.69. The highest BCUT2D eigenvalue weighted by molar-refractivity contribution is 8.00. The zero-order valence-corrected chi connectivity index (χ0v) is 19.2. The molecule has 0 unspecified atom stereocenters. The summed E-state index contributed by atoms with van der Waals surface area (Å²) in [7, 11) is 0. The fourth-order valence-electron chi connectivity index (χ4n) is 4.74. The molecule has 2 aromatic carbocycles. The molecular formula is C25H29N5O2S. The van der Waals surface area contributed by atoms with Crippen LogP contribution in [0.1, 0.15) is 43.1 Å². The van der Waals surface area contributed by atoms with Gasteiger partial charge < -0.3 is 20.9 Å². The topological polar surface area (TPSA) is 98.9 Å². The molecule has 0 aliphatic carbocycles. The van der Waals surface area contributed by atoms with E-state index in [-0.39, 0.29) is 30.1 Å². The Morgan fingerprint density at radius 3 is 2.76 bits per heavy atom. The summed E-state index contributed by atoms with van der Waals surface area (Å²) in [6.45, 7) is 0. The van der Waals surface area contributed by atoms with Gasteiger partial charge in [-0.15, -0.1) is 0 Å². The lowest BCUT2D eigenvalue weighted by atomic mass is 10.0. The number of aromatic nitrogens is 2. The molecule has 2 aliphatic heterocycles. The van der Waals surface area contributed by atoms with E-state index in [4.69, 9.17) is 4.98 Å². The van der Waals surface area contributed by atoms with Crippen LogP contribution < -0.4 is 16.0 Å². The van der Waals surface area contributed by atoms with Gasteiger partial charge in [0.25, 0.3) is 0 Å². The maximum Gasteiger partial charge on any atom is 0.315 e. The molecule has 1 aromatic heterocycles. The molecule has 5 rings (SSSR count). The molecule has 0 saturated carbocycles. The molecule has 172 valence electrons. The van der Waals surface area contributed by atoms with Crippen LogP contribution in [0.4, 0.5) is 4.79 Å². The fraction of sp³-hybridized carbons (Fsp3) is 0.400. The summed E-state index contributed by atoms with van der Waals surface area (Å²) in [5, 5.41) is 9.65. The van der Waals surface area contributed by atoms with Gasteiger partial charge in [0.15, 0.2) is 0 Å². The number of nitrogens with one attached hydrogen (secondary N) is 4. The molecule has 2 fully saturated rings. The Balaban J connectivity index is 1.17. The van der Waals surface area contributed by atoms with Gasteiger partial charge in [0.2, 0.25) is 5.91 Å². The van der Waals surface area contributed by atoms with Crippen molar-refractivity contribution in [2.24, 2.45) is 0 Å². The number of rotatable bonds is 9. The first-order valence-electron chi connectivity index (χ1n) is 11.6. The SMILES string of the molecule is O=C(CCCC[C@@H]1SC[C@@H]2NC(=O)N[C@H]21)N[C@@H](Cc1ccccc1)c1nc2ccccc2[nH]1. The minimum atomic E-state index is -0.210. The van der Waals surface area contributed by atoms with E-state index in [0.717, 1.165) is 47.4 Å². The molecule has 3 amide bonds. The van der Waals surface area contributed by atoms with Crippen molar-refractivity contribution in [3.63, 3.8) is 0 Å². The highest BCUT2D eigenvalue weighted by Gasteiger charge is 2.42. The second kappa shape index (κ2) is 9.87. The molecule has 8 heteroatoms. The quantitative estimate of drug-likeness (QED) is 0.287. The Bertz CT molecular complexity index is 1090. The minimum Gasteiger partial charge on any atom is -0.346 e. The number of thioether (sulfide) groups is 1. The van der Waals surface area contributed by atoms with Gasteiger partial charge in [-0.2, -0.15) is 11.8 Å². The number of aromatic amines is 1. The molecule has 3 aromatic rings. The van der Waals surface area contributed by atoms with Gasteiger partial charge in [-0.3, -0.25) is 4.79 Å². The molecule has 0 bridgehead atoms. The number of amides is 3. The highest BCUT2D eigenvalue weighted by Crippen LogP contribution is 2.33. The van der Waals surface area contributed by atoms with Crippen LogP contribution in [-0.4, -0.2) is 45.0 Å². The Kier molecular flexibility index (Phi) is 6.53. The minimum absolute atomic E-state index is 0.0455. The summed E-state index contributed by atoms with van der Waals surface area (Å²) in [5.41, 5.74) is 3.03.